The fourth-order valence-electron chi connectivity index (χ4n) is 3.35. The average Bonchev–Trinajstić information content (AvgIpc) is 3.12. The summed E-state index contributed by atoms with van der Waals surface area (Å²) in [5.74, 6) is 0. The van der Waals surface area contributed by atoms with Crippen LogP contribution in [-0.4, -0.2) is 29.2 Å². The quantitative estimate of drug-likeness (QED) is 0.482. The van der Waals surface area contributed by atoms with Gasteiger partial charge in [-0.15, -0.1) is 11.3 Å². The molecule has 1 unspecified atom stereocenters. The highest BCUT2D eigenvalue weighted by molar-refractivity contribution is 7.89. The second-order valence-corrected chi connectivity index (χ2v) is 9.35. The van der Waals surface area contributed by atoms with Gasteiger partial charge in [0.15, 0.2) is 0 Å². The summed E-state index contributed by atoms with van der Waals surface area (Å²) in [5, 5.41) is 11.6. The van der Waals surface area contributed by atoms with E-state index in [1.54, 1.807) is 0 Å². The SMILES string of the molecule is O=[N+]([O-])c1ccc(S(=O)(=O)N2CCCCC2c2nc3ccccc3s2)cc1. The van der Waals surface area contributed by atoms with Gasteiger partial charge in [-0.05, 0) is 37.1 Å². The number of nitrogens with zero attached hydrogens (tertiary/aromatic N) is 3. The fourth-order valence-corrected chi connectivity index (χ4v) is 6.19. The van der Waals surface area contributed by atoms with Gasteiger partial charge in [-0.1, -0.05) is 18.6 Å². The highest BCUT2D eigenvalue weighted by atomic mass is 32.2. The van der Waals surface area contributed by atoms with Crippen LogP contribution in [0.2, 0.25) is 0 Å². The summed E-state index contributed by atoms with van der Waals surface area (Å²) in [7, 11) is -3.76. The molecule has 1 atom stereocenters. The molecule has 0 bridgehead atoms. The molecule has 0 spiro atoms. The van der Waals surface area contributed by atoms with Crippen LogP contribution < -0.4 is 0 Å². The Kier molecular flexibility index (Phi) is 4.67. The molecule has 1 aliphatic rings. The van der Waals surface area contributed by atoms with Gasteiger partial charge < -0.3 is 0 Å². The maximum Gasteiger partial charge on any atom is 0.269 e. The summed E-state index contributed by atoms with van der Waals surface area (Å²) >= 11 is 1.52. The zero-order valence-corrected chi connectivity index (χ0v) is 15.9. The van der Waals surface area contributed by atoms with Crippen molar-refractivity contribution in [2.45, 2.75) is 30.2 Å². The number of non-ortho nitro benzene ring substituents is 1. The van der Waals surface area contributed by atoms with E-state index < -0.39 is 14.9 Å². The van der Waals surface area contributed by atoms with Gasteiger partial charge in [0.25, 0.3) is 5.69 Å². The van der Waals surface area contributed by atoms with E-state index in [9.17, 15) is 18.5 Å². The summed E-state index contributed by atoms with van der Waals surface area (Å²) < 4.78 is 28.9. The number of benzene rings is 2. The largest absolute Gasteiger partial charge is 0.269 e. The van der Waals surface area contributed by atoms with Crippen LogP contribution in [0.25, 0.3) is 10.2 Å². The van der Waals surface area contributed by atoms with Crippen molar-refractivity contribution < 1.29 is 13.3 Å². The van der Waals surface area contributed by atoms with Crippen molar-refractivity contribution >= 4 is 37.3 Å². The molecule has 0 amide bonds. The molecule has 7 nitrogen and oxygen atoms in total. The van der Waals surface area contributed by atoms with Gasteiger partial charge in [0.05, 0.1) is 26.1 Å². The molecule has 1 saturated heterocycles. The van der Waals surface area contributed by atoms with Crippen LogP contribution in [-0.2, 0) is 10.0 Å². The summed E-state index contributed by atoms with van der Waals surface area (Å²) in [6.07, 6.45) is 2.44. The first-order valence-corrected chi connectivity index (χ1v) is 10.8. The Morgan fingerprint density at radius 3 is 2.56 bits per heavy atom. The number of thiazole rings is 1. The van der Waals surface area contributed by atoms with E-state index in [1.165, 1.54) is 39.9 Å². The van der Waals surface area contributed by atoms with Crippen molar-refractivity contribution in [1.82, 2.24) is 9.29 Å². The van der Waals surface area contributed by atoms with Crippen molar-refractivity contribution in [3.05, 3.63) is 63.7 Å². The molecule has 27 heavy (non-hydrogen) atoms. The lowest BCUT2D eigenvalue weighted by atomic mass is 10.1. The predicted octanol–water partition coefficient (Wildman–Crippen LogP) is 4.12. The highest BCUT2D eigenvalue weighted by Gasteiger charge is 2.36. The molecule has 3 aromatic rings. The Balaban J connectivity index is 1.71. The monoisotopic (exact) mass is 403 g/mol. The van der Waals surface area contributed by atoms with E-state index in [1.807, 2.05) is 24.3 Å². The van der Waals surface area contributed by atoms with E-state index in [2.05, 4.69) is 4.98 Å². The highest BCUT2D eigenvalue weighted by Crippen LogP contribution is 2.38. The molecule has 140 valence electrons. The molecule has 0 saturated carbocycles. The summed E-state index contributed by atoms with van der Waals surface area (Å²) in [5.41, 5.74) is 0.742. The Hall–Kier alpha value is -2.36. The van der Waals surface area contributed by atoms with E-state index >= 15 is 0 Å². The predicted molar refractivity (Wildman–Crippen MR) is 103 cm³/mol. The number of fused-ring (bicyclic) bond motifs is 1. The van der Waals surface area contributed by atoms with E-state index in [-0.39, 0.29) is 16.6 Å². The minimum absolute atomic E-state index is 0.0705. The molecular weight excluding hydrogens is 386 g/mol. The third-order valence-corrected chi connectivity index (χ3v) is 7.76. The zero-order valence-electron chi connectivity index (χ0n) is 14.3. The lowest BCUT2D eigenvalue weighted by Gasteiger charge is -2.33. The van der Waals surface area contributed by atoms with Gasteiger partial charge in [0, 0.05) is 18.7 Å². The minimum atomic E-state index is -3.76. The minimum Gasteiger partial charge on any atom is -0.258 e. The number of para-hydroxylation sites is 1. The van der Waals surface area contributed by atoms with Crippen LogP contribution in [0.1, 0.15) is 30.3 Å². The number of hydrogen-bond donors (Lipinski definition) is 0. The molecule has 1 aromatic heterocycles. The fraction of sp³-hybridized carbons (Fsp3) is 0.278. The van der Waals surface area contributed by atoms with Crippen molar-refractivity contribution in [2.24, 2.45) is 0 Å². The first-order chi connectivity index (χ1) is 13.0. The smallest absolute Gasteiger partial charge is 0.258 e. The molecule has 0 aliphatic carbocycles. The molecule has 1 aliphatic heterocycles. The van der Waals surface area contributed by atoms with Crippen LogP contribution in [0.5, 0.6) is 0 Å². The number of nitro groups is 1. The van der Waals surface area contributed by atoms with Gasteiger partial charge in [-0.3, -0.25) is 10.1 Å². The van der Waals surface area contributed by atoms with Crippen LogP contribution in [0.4, 0.5) is 5.69 Å². The number of aromatic nitrogens is 1. The number of piperidine rings is 1. The van der Waals surface area contributed by atoms with Gasteiger partial charge in [-0.2, -0.15) is 4.31 Å². The molecule has 2 heterocycles. The Morgan fingerprint density at radius 1 is 1.11 bits per heavy atom. The molecule has 0 N–H and O–H groups in total. The third kappa shape index (κ3) is 3.33. The lowest BCUT2D eigenvalue weighted by molar-refractivity contribution is -0.384. The average molecular weight is 403 g/mol. The molecule has 4 rings (SSSR count). The van der Waals surface area contributed by atoms with Crippen LogP contribution in [0.3, 0.4) is 0 Å². The molecule has 1 fully saturated rings. The normalized spacial score (nSPS) is 18.6. The van der Waals surface area contributed by atoms with E-state index in [0.717, 1.165) is 28.1 Å². The van der Waals surface area contributed by atoms with Crippen molar-refractivity contribution in [2.75, 3.05) is 6.54 Å². The first kappa shape index (κ1) is 18.0. The van der Waals surface area contributed by atoms with Crippen molar-refractivity contribution in [3.8, 4) is 0 Å². The molecule has 2 aromatic carbocycles. The molecular formula is C18H17N3O4S2. The number of hydrogen-bond acceptors (Lipinski definition) is 6. The Bertz CT molecular complexity index is 1060. The van der Waals surface area contributed by atoms with Crippen LogP contribution >= 0.6 is 11.3 Å². The van der Waals surface area contributed by atoms with Gasteiger partial charge in [0.2, 0.25) is 10.0 Å². The number of rotatable bonds is 4. The second-order valence-electron chi connectivity index (χ2n) is 6.40. The second kappa shape index (κ2) is 6.99. The van der Waals surface area contributed by atoms with Crippen molar-refractivity contribution in [1.29, 1.82) is 0 Å². The first-order valence-electron chi connectivity index (χ1n) is 8.58. The molecule has 9 heteroatoms. The van der Waals surface area contributed by atoms with Gasteiger partial charge in [-0.25, -0.2) is 13.4 Å². The topological polar surface area (TPSA) is 93.4 Å². The summed E-state index contributed by atoms with van der Waals surface area (Å²) in [6, 6.07) is 12.5. The number of sulfonamides is 1. The van der Waals surface area contributed by atoms with E-state index in [0.29, 0.717) is 13.0 Å². The van der Waals surface area contributed by atoms with Gasteiger partial charge >= 0.3 is 0 Å². The van der Waals surface area contributed by atoms with Crippen molar-refractivity contribution in [3.63, 3.8) is 0 Å². The number of nitro benzene ring substituents is 1. The Morgan fingerprint density at radius 2 is 1.85 bits per heavy atom. The van der Waals surface area contributed by atoms with Gasteiger partial charge in [0.1, 0.15) is 5.01 Å². The lowest BCUT2D eigenvalue weighted by Crippen LogP contribution is -2.38. The third-order valence-electron chi connectivity index (χ3n) is 4.70. The molecule has 0 radical (unpaired) electrons. The standard InChI is InChI=1S/C18H17N3O4S2/c22-21(23)13-8-10-14(11-9-13)27(24,25)20-12-4-3-6-16(20)18-19-15-5-1-2-7-17(15)26-18/h1-2,5,7-11,16H,3-4,6,12H2. The van der Waals surface area contributed by atoms with Crippen LogP contribution in [0, 0.1) is 10.1 Å². The van der Waals surface area contributed by atoms with Crippen LogP contribution in [0.15, 0.2) is 53.4 Å². The van der Waals surface area contributed by atoms with E-state index in [4.69, 9.17) is 0 Å². The summed E-state index contributed by atoms with van der Waals surface area (Å²) in [4.78, 5) is 15.0. The Labute approximate surface area is 160 Å². The maximum atomic E-state index is 13.2. The zero-order chi connectivity index (χ0) is 19.0. The summed E-state index contributed by atoms with van der Waals surface area (Å²) in [6.45, 7) is 0.417. The maximum absolute atomic E-state index is 13.2.